The van der Waals surface area contributed by atoms with Crippen molar-refractivity contribution in [2.45, 2.75) is 26.5 Å². The van der Waals surface area contributed by atoms with Crippen molar-refractivity contribution >= 4 is 5.82 Å². The minimum atomic E-state index is -0.472. The number of pyridine rings is 1. The van der Waals surface area contributed by atoms with E-state index in [4.69, 9.17) is 0 Å². The maximum atomic E-state index is 9.54. The molecular weight excluding hydrogens is 224 g/mol. The zero-order chi connectivity index (χ0) is 13.0. The molecule has 94 valence electrons. The van der Waals surface area contributed by atoms with Crippen molar-refractivity contribution in [2.75, 3.05) is 5.32 Å². The first kappa shape index (κ1) is 12.6. The second kappa shape index (κ2) is 5.65. The summed E-state index contributed by atoms with van der Waals surface area (Å²) in [6.45, 7) is 4.49. The van der Waals surface area contributed by atoms with E-state index in [0.717, 1.165) is 23.5 Å². The van der Waals surface area contributed by atoms with E-state index in [9.17, 15) is 5.11 Å². The smallest absolute Gasteiger partial charge is 0.126 e. The van der Waals surface area contributed by atoms with Crippen LogP contribution in [0.4, 0.5) is 5.82 Å². The first-order valence-electron chi connectivity index (χ1n) is 6.09. The highest BCUT2D eigenvalue weighted by Crippen LogP contribution is 2.18. The van der Waals surface area contributed by atoms with E-state index in [2.05, 4.69) is 22.4 Å². The molecule has 0 saturated carbocycles. The molecule has 0 aliphatic carbocycles. The van der Waals surface area contributed by atoms with Gasteiger partial charge in [0.25, 0.3) is 0 Å². The second-order valence-electron chi connectivity index (χ2n) is 4.44. The number of aliphatic hydroxyl groups excluding tert-OH is 1. The Morgan fingerprint density at radius 3 is 2.61 bits per heavy atom. The van der Waals surface area contributed by atoms with Gasteiger partial charge in [-0.05, 0) is 31.0 Å². The molecule has 0 saturated heterocycles. The summed E-state index contributed by atoms with van der Waals surface area (Å²) in [5.74, 6) is 0.834. The Morgan fingerprint density at radius 1 is 1.28 bits per heavy atom. The van der Waals surface area contributed by atoms with E-state index >= 15 is 0 Å². The molecule has 0 spiro atoms. The Morgan fingerprint density at radius 2 is 2.00 bits per heavy atom. The third-order valence-corrected chi connectivity index (χ3v) is 2.92. The van der Waals surface area contributed by atoms with E-state index < -0.39 is 6.10 Å². The van der Waals surface area contributed by atoms with Gasteiger partial charge in [-0.25, -0.2) is 4.98 Å². The van der Waals surface area contributed by atoms with Crippen LogP contribution in [0.1, 0.15) is 29.7 Å². The van der Waals surface area contributed by atoms with E-state index in [0.29, 0.717) is 0 Å². The van der Waals surface area contributed by atoms with Crippen molar-refractivity contribution in [1.29, 1.82) is 0 Å². The first-order valence-corrected chi connectivity index (χ1v) is 6.09. The standard InChI is InChI=1S/C15H18N2O/c1-11-8-15(17-10-14(11)12(2)18)16-9-13-6-4-3-5-7-13/h3-8,10,12,18H,9H2,1-2H3,(H,16,17). The van der Waals surface area contributed by atoms with Crippen molar-refractivity contribution in [3.05, 3.63) is 59.3 Å². The van der Waals surface area contributed by atoms with Gasteiger partial charge in [-0.15, -0.1) is 0 Å². The molecule has 0 aliphatic heterocycles. The van der Waals surface area contributed by atoms with Crippen LogP contribution in [-0.2, 0) is 6.54 Å². The lowest BCUT2D eigenvalue weighted by Gasteiger charge is -2.11. The number of nitrogens with one attached hydrogen (secondary N) is 1. The van der Waals surface area contributed by atoms with Gasteiger partial charge in [0.1, 0.15) is 5.82 Å². The summed E-state index contributed by atoms with van der Waals surface area (Å²) in [5.41, 5.74) is 3.15. The predicted molar refractivity (Wildman–Crippen MR) is 73.4 cm³/mol. The molecule has 1 aromatic heterocycles. The minimum Gasteiger partial charge on any atom is -0.389 e. The Bertz CT molecular complexity index is 509. The minimum absolute atomic E-state index is 0.472. The molecule has 1 unspecified atom stereocenters. The maximum Gasteiger partial charge on any atom is 0.126 e. The van der Waals surface area contributed by atoms with Gasteiger partial charge in [-0.1, -0.05) is 30.3 Å². The van der Waals surface area contributed by atoms with Gasteiger partial charge in [-0.3, -0.25) is 0 Å². The first-order chi connectivity index (χ1) is 8.66. The molecular formula is C15H18N2O. The van der Waals surface area contributed by atoms with Gasteiger partial charge in [0, 0.05) is 18.3 Å². The number of anilines is 1. The molecule has 0 fully saturated rings. The zero-order valence-corrected chi connectivity index (χ0v) is 10.7. The average molecular weight is 242 g/mol. The van der Waals surface area contributed by atoms with Crippen LogP contribution < -0.4 is 5.32 Å². The van der Waals surface area contributed by atoms with Crippen molar-refractivity contribution in [2.24, 2.45) is 0 Å². The molecule has 1 atom stereocenters. The van der Waals surface area contributed by atoms with Crippen molar-refractivity contribution in [3.8, 4) is 0 Å². The lowest BCUT2D eigenvalue weighted by atomic mass is 10.1. The van der Waals surface area contributed by atoms with Crippen LogP contribution in [0.3, 0.4) is 0 Å². The molecule has 1 aromatic carbocycles. The quantitative estimate of drug-likeness (QED) is 0.866. The second-order valence-corrected chi connectivity index (χ2v) is 4.44. The number of hydrogen-bond acceptors (Lipinski definition) is 3. The number of aromatic nitrogens is 1. The van der Waals surface area contributed by atoms with Crippen LogP contribution >= 0.6 is 0 Å². The van der Waals surface area contributed by atoms with E-state index in [1.165, 1.54) is 5.56 Å². The van der Waals surface area contributed by atoms with Crippen LogP contribution in [-0.4, -0.2) is 10.1 Å². The van der Waals surface area contributed by atoms with E-state index in [1.807, 2.05) is 31.2 Å². The highest BCUT2D eigenvalue weighted by atomic mass is 16.3. The molecule has 2 rings (SSSR count). The summed E-state index contributed by atoms with van der Waals surface area (Å²) in [7, 11) is 0. The van der Waals surface area contributed by atoms with Crippen LogP contribution in [0, 0.1) is 6.92 Å². The maximum absolute atomic E-state index is 9.54. The largest absolute Gasteiger partial charge is 0.389 e. The Hall–Kier alpha value is -1.87. The molecule has 18 heavy (non-hydrogen) atoms. The predicted octanol–water partition coefficient (Wildman–Crippen LogP) is 3.06. The molecule has 2 aromatic rings. The van der Waals surface area contributed by atoms with Crippen LogP contribution in [0.15, 0.2) is 42.6 Å². The van der Waals surface area contributed by atoms with Gasteiger partial charge in [-0.2, -0.15) is 0 Å². The van der Waals surface area contributed by atoms with Gasteiger partial charge < -0.3 is 10.4 Å². The molecule has 1 heterocycles. The van der Waals surface area contributed by atoms with Crippen molar-refractivity contribution in [3.63, 3.8) is 0 Å². The SMILES string of the molecule is Cc1cc(NCc2ccccc2)ncc1C(C)O. The van der Waals surface area contributed by atoms with Crippen molar-refractivity contribution < 1.29 is 5.11 Å². The number of aliphatic hydroxyl groups is 1. The molecule has 0 radical (unpaired) electrons. The van der Waals surface area contributed by atoms with Crippen molar-refractivity contribution in [1.82, 2.24) is 4.98 Å². The topological polar surface area (TPSA) is 45.2 Å². The Kier molecular flexibility index (Phi) is 3.95. The van der Waals surface area contributed by atoms with Crippen LogP contribution in [0.5, 0.6) is 0 Å². The van der Waals surface area contributed by atoms with E-state index in [1.54, 1.807) is 13.1 Å². The molecule has 0 aliphatic rings. The summed E-state index contributed by atoms with van der Waals surface area (Å²) in [6.07, 6.45) is 1.26. The third kappa shape index (κ3) is 3.08. The van der Waals surface area contributed by atoms with E-state index in [-0.39, 0.29) is 0 Å². The highest BCUT2D eigenvalue weighted by molar-refractivity contribution is 5.41. The Balaban J connectivity index is 2.05. The molecule has 0 bridgehead atoms. The number of hydrogen-bond donors (Lipinski definition) is 2. The zero-order valence-electron chi connectivity index (χ0n) is 10.7. The molecule has 3 nitrogen and oxygen atoms in total. The van der Waals surface area contributed by atoms with Gasteiger partial charge in [0.2, 0.25) is 0 Å². The summed E-state index contributed by atoms with van der Waals surface area (Å²) in [6, 6.07) is 12.2. The molecule has 0 amide bonds. The third-order valence-electron chi connectivity index (χ3n) is 2.92. The number of benzene rings is 1. The fraction of sp³-hybridized carbons (Fsp3) is 0.267. The number of aryl methyl sites for hydroxylation is 1. The lowest BCUT2D eigenvalue weighted by Crippen LogP contribution is -2.03. The fourth-order valence-electron chi connectivity index (χ4n) is 1.89. The highest BCUT2D eigenvalue weighted by Gasteiger charge is 2.06. The normalized spacial score (nSPS) is 12.2. The molecule has 3 heteroatoms. The van der Waals surface area contributed by atoms with Gasteiger partial charge in [0.15, 0.2) is 0 Å². The summed E-state index contributed by atoms with van der Waals surface area (Å²) < 4.78 is 0. The lowest BCUT2D eigenvalue weighted by molar-refractivity contribution is 0.198. The fourth-order valence-corrected chi connectivity index (χ4v) is 1.89. The van der Waals surface area contributed by atoms with Crippen LogP contribution in [0.2, 0.25) is 0 Å². The van der Waals surface area contributed by atoms with Gasteiger partial charge >= 0.3 is 0 Å². The summed E-state index contributed by atoms with van der Waals surface area (Å²) in [5, 5.41) is 12.8. The Labute approximate surface area is 108 Å². The number of rotatable bonds is 4. The van der Waals surface area contributed by atoms with Crippen LogP contribution in [0.25, 0.3) is 0 Å². The monoisotopic (exact) mass is 242 g/mol. The molecule has 2 N–H and O–H groups in total. The summed E-state index contributed by atoms with van der Waals surface area (Å²) in [4.78, 5) is 4.30. The summed E-state index contributed by atoms with van der Waals surface area (Å²) >= 11 is 0. The van der Waals surface area contributed by atoms with Gasteiger partial charge in [0.05, 0.1) is 6.10 Å². The number of nitrogens with zero attached hydrogens (tertiary/aromatic N) is 1. The average Bonchev–Trinajstić information content (AvgIpc) is 2.37.